The molecule has 2 aromatic rings. The molecule has 0 bridgehead atoms. The highest BCUT2D eigenvalue weighted by Gasteiger charge is 2.33. The van der Waals surface area contributed by atoms with Crippen LogP contribution in [0.4, 0.5) is 20.2 Å². The third-order valence-electron chi connectivity index (χ3n) is 4.84. The lowest BCUT2D eigenvalue weighted by Gasteiger charge is -2.34. The Bertz CT molecular complexity index is 960. The lowest BCUT2D eigenvalue weighted by atomic mass is 9.99. The summed E-state index contributed by atoms with van der Waals surface area (Å²) in [5.41, 5.74) is 0.456. The molecule has 1 N–H and O–H groups in total. The van der Waals surface area contributed by atoms with E-state index in [2.05, 4.69) is 5.32 Å². The molecule has 29 heavy (non-hydrogen) atoms. The fraction of sp³-hybridized carbons (Fsp3) is 0.300. The average Bonchev–Trinajstić information content (AvgIpc) is 2.66. The molecule has 0 radical (unpaired) electrons. The monoisotopic (exact) mass is 403 g/mol. The Morgan fingerprint density at radius 2 is 1.83 bits per heavy atom. The predicted octanol–water partition coefficient (Wildman–Crippen LogP) is 3.81. The van der Waals surface area contributed by atoms with Crippen molar-refractivity contribution >= 4 is 23.2 Å². The van der Waals surface area contributed by atoms with Crippen molar-refractivity contribution < 1.29 is 23.3 Å². The number of piperidine rings is 1. The highest BCUT2D eigenvalue weighted by atomic mass is 19.1. The van der Waals surface area contributed by atoms with Crippen LogP contribution < -0.4 is 5.32 Å². The Labute approximate surface area is 165 Å². The number of amides is 2. The summed E-state index contributed by atoms with van der Waals surface area (Å²) < 4.78 is 26.7. The number of nitrogens with zero attached hydrogens (tertiary/aromatic N) is 2. The molecular weight excluding hydrogens is 384 g/mol. The summed E-state index contributed by atoms with van der Waals surface area (Å²) in [6.07, 6.45) is 1.83. The largest absolute Gasteiger partial charge is 0.327 e. The Hall–Kier alpha value is -3.36. The van der Waals surface area contributed by atoms with E-state index in [0.717, 1.165) is 18.6 Å². The summed E-state index contributed by atoms with van der Waals surface area (Å²) in [6, 6.07) is 5.93. The number of benzene rings is 2. The second kappa shape index (κ2) is 8.34. The van der Waals surface area contributed by atoms with Crippen molar-refractivity contribution in [3.8, 4) is 0 Å². The molecule has 152 valence electrons. The average molecular weight is 403 g/mol. The van der Waals surface area contributed by atoms with Gasteiger partial charge < -0.3 is 10.2 Å². The number of hydrogen-bond donors (Lipinski definition) is 1. The number of aryl methyl sites for hydroxylation is 1. The van der Waals surface area contributed by atoms with Crippen LogP contribution in [0.15, 0.2) is 36.4 Å². The zero-order chi connectivity index (χ0) is 21.1. The van der Waals surface area contributed by atoms with Crippen molar-refractivity contribution in [3.05, 3.63) is 69.3 Å². The normalized spacial score (nSPS) is 16.4. The number of anilines is 1. The molecule has 1 aliphatic rings. The van der Waals surface area contributed by atoms with Crippen LogP contribution in [-0.2, 0) is 4.79 Å². The first-order chi connectivity index (χ1) is 13.8. The first-order valence-electron chi connectivity index (χ1n) is 9.09. The molecule has 2 aromatic carbocycles. The minimum Gasteiger partial charge on any atom is -0.327 e. The fourth-order valence-electron chi connectivity index (χ4n) is 3.46. The molecule has 0 aliphatic carbocycles. The van der Waals surface area contributed by atoms with Gasteiger partial charge in [0.15, 0.2) is 0 Å². The number of rotatable bonds is 4. The first-order valence-corrected chi connectivity index (χ1v) is 9.09. The van der Waals surface area contributed by atoms with Gasteiger partial charge in [-0.1, -0.05) is 0 Å². The Kier molecular flexibility index (Phi) is 5.86. The summed E-state index contributed by atoms with van der Waals surface area (Å²) in [4.78, 5) is 37.5. The fourth-order valence-corrected chi connectivity index (χ4v) is 3.46. The van der Waals surface area contributed by atoms with Crippen molar-refractivity contribution in [2.75, 3.05) is 11.9 Å². The first kappa shape index (κ1) is 20.4. The standard InChI is InChI=1S/C20H19F2N3O4/c1-12-8-13(5-6-17(12)25(28)29)20(27)24-7-3-2-4-18(24)19(26)23-16-10-14(21)9-15(22)11-16/h5-6,8-11,18H,2-4,7H2,1H3,(H,23,26)/t18-/m0/s1. The number of halogens is 2. The molecule has 7 nitrogen and oxygen atoms in total. The van der Waals surface area contributed by atoms with Gasteiger partial charge in [-0.25, -0.2) is 8.78 Å². The molecule has 1 fully saturated rings. The van der Waals surface area contributed by atoms with Gasteiger partial charge >= 0.3 is 0 Å². The van der Waals surface area contributed by atoms with E-state index in [1.165, 1.54) is 30.0 Å². The lowest BCUT2D eigenvalue weighted by Crippen LogP contribution is -2.50. The van der Waals surface area contributed by atoms with Crippen LogP contribution in [0.25, 0.3) is 0 Å². The van der Waals surface area contributed by atoms with Gasteiger partial charge in [-0.15, -0.1) is 0 Å². The SMILES string of the molecule is Cc1cc(C(=O)N2CCCC[C@H]2C(=O)Nc2cc(F)cc(F)c2)ccc1[N+](=O)[O-]. The van der Waals surface area contributed by atoms with Gasteiger partial charge in [0, 0.05) is 35.5 Å². The zero-order valence-electron chi connectivity index (χ0n) is 15.7. The molecule has 0 unspecified atom stereocenters. The van der Waals surface area contributed by atoms with Crippen LogP contribution in [0.5, 0.6) is 0 Å². The van der Waals surface area contributed by atoms with Crippen LogP contribution in [0.2, 0.25) is 0 Å². The van der Waals surface area contributed by atoms with Gasteiger partial charge in [0.25, 0.3) is 11.6 Å². The maximum Gasteiger partial charge on any atom is 0.272 e. The summed E-state index contributed by atoms with van der Waals surface area (Å²) in [7, 11) is 0. The summed E-state index contributed by atoms with van der Waals surface area (Å²) in [6.45, 7) is 1.87. The van der Waals surface area contributed by atoms with E-state index in [9.17, 15) is 28.5 Å². The smallest absolute Gasteiger partial charge is 0.272 e. The molecule has 0 saturated carbocycles. The molecular formula is C20H19F2N3O4. The van der Waals surface area contributed by atoms with Gasteiger partial charge in [0.1, 0.15) is 17.7 Å². The Balaban J connectivity index is 1.81. The van der Waals surface area contributed by atoms with Crippen molar-refractivity contribution in [2.45, 2.75) is 32.2 Å². The summed E-state index contributed by atoms with van der Waals surface area (Å²) >= 11 is 0. The highest BCUT2D eigenvalue weighted by Crippen LogP contribution is 2.24. The number of nitro benzene ring substituents is 1. The van der Waals surface area contributed by atoms with Crippen LogP contribution in [0.3, 0.4) is 0 Å². The van der Waals surface area contributed by atoms with Crippen LogP contribution >= 0.6 is 0 Å². The third kappa shape index (κ3) is 4.56. The molecule has 1 aliphatic heterocycles. The Morgan fingerprint density at radius 3 is 2.45 bits per heavy atom. The maximum atomic E-state index is 13.4. The highest BCUT2D eigenvalue weighted by molar-refractivity contribution is 6.01. The number of hydrogen-bond acceptors (Lipinski definition) is 4. The van der Waals surface area contributed by atoms with Crippen LogP contribution in [0.1, 0.15) is 35.2 Å². The van der Waals surface area contributed by atoms with E-state index in [0.29, 0.717) is 31.0 Å². The number of nitro groups is 1. The molecule has 2 amide bonds. The van der Waals surface area contributed by atoms with E-state index >= 15 is 0 Å². The van der Waals surface area contributed by atoms with E-state index in [1.807, 2.05) is 0 Å². The summed E-state index contributed by atoms with van der Waals surface area (Å²) in [5, 5.41) is 13.4. The second-order valence-electron chi connectivity index (χ2n) is 6.92. The van der Waals surface area contributed by atoms with Gasteiger partial charge in [-0.2, -0.15) is 0 Å². The summed E-state index contributed by atoms with van der Waals surface area (Å²) in [5.74, 6) is -2.61. The lowest BCUT2D eigenvalue weighted by molar-refractivity contribution is -0.385. The van der Waals surface area contributed by atoms with E-state index < -0.39 is 34.4 Å². The van der Waals surface area contributed by atoms with E-state index in [1.54, 1.807) is 0 Å². The molecule has 9 heteroatoms. The molecule has 1 saturated heterocycles. The maximum absolute atomic E-state index is 13.4. The zero-order valence-corrected chi connectivity index (χ0v) is 15.7. The predicted molar refractivity (Wildman–Crippen MR) is 101 cm³/mol. The van der Waals surface area contributed by atoms with Gasteiger partial charge in [-0.05, 0) is 50.5 Å². The second-order valence-corrected chi connectivity index (χ2v) is 6.92. The number of carbonyl (C=O) groups excluding carboxylic acids is 2. The third-order valence-corrected chi connectivity index (χ3v) is 4.84. The van der Waals surface area contributed by atoms with Crippen molar-refractivity contribution in [1.82, 2.24) is 4.90 Å². The van der Waals surface area contributed by atoms with Gasteiger partial charge in [-0.3, -0.25) is 19.7 Å². The van der Waals surface area contributed by atoms with E-state index in [-0.39, 0.29) is 16.9 Å². The topological polar surface area (TPSA) is 92.6 Å². The van der Waals surface area contributed by atoms with Crippen LogP contribution in [0, 0.1) is 28.7 Å². The van der Waals surface area contributed by atoms with Crippen molar-refractivity contribution in [3.63, 3.8) is 0 Å². The molecule has 3 rings (SSSR count). The minimum absolute atomic E-state index is 0.0309. The molecule has 1 atom stereocenters. The van der Waals surface area contributed by atoms with Gasteiger partial charge in [0.05, 0.1) is 4.92 Å². The quantitative estimate of drug-likeness (QED) is 0.621. The minimum atomic E-state index is -0.821. The number of likely N-dealkylation sites (tertiary alicyclic amines) is 1. The number of nitrogens with one attached hydrogen (secondary N) is 1. The molecule has 0 aromatic heterocycles. The van der Waals surface area contributed by atoms with Crippen LogP contribution in [-0.4, -0.2) is 34.2 Å². The van der Waals surface area contributed by atoms with Gasteiger partial charge in [0.2, 0.25) is 5.91 Å². The molecule has 1 heterocycles. The van der Waals surface area contributed by atoms with E-state index in [4.69, 9.17) is 0 Å². The Morgan fingerprint density at radius 1 is 1.14 bits per heavy atom. The number of carbonyl (C=O) groups is 2. The van der Waals surface area contributed by atoms with Crippen molar-refractivity contribution in [2.24, 2.45) is 0 Å². The molecule has 0 spiro atoms. The van der Waals surface area contributed by atoms with Crippen molar-refractivity contribution in [1.29, 1.82) is 0 Å².